The number of hydrogen-bond acceptors (Lipinski definition) is 3. The second-order valence-electron chi connectivity index (χ2n) is 19.8. The third kappa shape index (κ3) is 2.43. The van der Waals surface area contributed by atoms with Crippen LogP contribution < -0.4 is 10.4 Å². The number of hydrogen-bond donors (Lipinski definition) is 1. The lowest BCUT2D eigenvalue weighted by Crippen LogP contribution is -2.27. The van der Waals surface area contributed by atoms with Crippen molar-refractivity contribution in [2.45, 2.75) is 35.2 Å². The molecule has 63 heavy (non-hydrogen) atoms. The molecule has 0 saturated heterocycles. The normalized spacial score (nSPS) is 23.7. The number of esters is 1. The monoisotopic (exact) mass is 808 g/mol. The highest BCUT2D eigenvalue weighted by Crippen LogP contribution is 2.93. The van der Waals surface area contributed by atoms with Crippen molar-refractivity contribution in [3.05, 3.63) is 154 Å². The summed E-state index contributed by atoms with van der Waals surface area (Å²) in [5, 5.41) is 42.7. The van der Waals surface area contributed by atoms with Gasteiger partial charge in [0.05, 0.1) is 22.2 Å². The first-order valence-corrected chi connectivity index (χ1v) is 22.1. The molecular weight excluding hydrogens is 783 g/mol. The van der Waals surface area contributed by atoms with E-state index in [1.807, 2.05) is 12.1 Å². The van der Waals surface area contributed by atoms with E-state index in [-0.39, 0.29) is 0 Å². The Morgan fingerprint density at radius 3 is 1.44 bits per heavy atom. The van der Waals surface area contributed by atoms with Crippen LogP contribution >= 0.6 is 0 Å². The number of ether oxygens (including phenoxy) is 1. The maximum atomic E-state index is 13.6. The molecule has 0 heterocycles. The van der Waals surface area contributed by atoms with Gasteiger partial charge in [0, 0.05) is 0 Å². The number of carbonyl (C=O) groups is 1. The Bertz CT molecular complexity index is 4510. The second kappa shape index (κ2) is 8.47. The summed E-state index contributed by atoms with van der Waals surface area (Å²) in [4.78, 5) is 13.5. The summed E-state index contributed by atoms with van der Waals surface area (Å²) in [6.07, 6.45) is 0.824. The highest BCUT2D eigenvalue weighted by Gasteiger charge is 2.94. The molecular formula is C58H26F2O3. The molecule has 0 radical (unpaired) electrons. The molecule has 19 rings (SSSR count). The SMILES string of the molecule is CC(C(=O)OCC(O)(F)F)c1cccc(C2(c3ccccc3)C34C5=c6ccc7c8ccc9c%10ccc%11c%12ccc%13c%14c(c%15c%16c3c6c7c3c8c9c6c%10c%11c(c%14%12)c%15c6c%163)C42C=%13C=C5)c1. The predicted molar refractivity (Wildman–Crippen MR) is 247 cm³/mol. The van der Waals surface area contributed by atoms with Crippen LogP contribution in [0.25, 0.3) is 130 Å². The number of halogens is 2. The Hall–Kier alpha value is -7.21. The molecule has 2 spiro atoms. The number of allylic oxidation sites excluding steroid dienone is 2. The highest BCUT2D eigenvalue weighted by molar-refractivity contribution is 6.64. The first-order chi connectivity index (χ1) is 30.8. The van der Waals surface area contributed by atoms with E-state index in [4.69, 9.17) is 4.74 Å². The van der Waals surface area contributed by atoms with Crippen LogP contribution in [0, 0.1) is 0 Å². The van der Waals surface area contributed by atoms with E-state index in [1.165, 1.54) is 157 Å². The maximum Gasteiger partial charge on any atom is 0.387 e. The van der Waals surface area contributed by atoms with Gasteiger partial charge in [-0.05, 0) is 175 Å². The van der Waals surface area contributed by atoms with Crippen LogP contribution in [0.15, 0.2) is 115 Å². The molecule has 14 aromatic carbocycles. The van der Waals surface area contributed by atoms with Crippen LogP contribution in [0.3, 0.4) is 0 Å². The zero-order valence-corrected chi connectivity index (χ0v) is 33.3. The van der Waals surface area contributed by atoms with E-state index >= 15 is 0 Å². The van der Waals surface area contributed by atoms with Crippen LogP contribution in [0.2, 0.25) is 0 Å². The van der Waals surface area contributed by atoms with Gasteiger partial charge >= 0.3 is 12.1 Å². The van der Waals surface area contributed by atoms with E-state index in [0.717, 1.165) is 5.56 Å². The van der Waals surface area contributed by atoms with Gasteiger partial charge in [-0.25, -0.2) is 0 Å². The summed E-state index contributed by atoms with van der Waals surface area (Å²) >= 11 is 0. The number of fused-ring (bicyclic) bond motifs is 3. The largest absolute Gasteiger partial charge is 0.456 e. The number of carbonyl (C=O) groups excluding carboxylic acids is 1. The minimum Gasteiger partial charge on any atom is -0.456 e. The minimum atomic E-state index is -4.11. The molecule has 5 aliphatic carbocycles. The van der Waals surface area contributed by atoms with Gasteiger partial charge in [-0.1, -0.05) is 115 Å². The fourth-order valence-electron chi connectivity index (χ4n) is 16.9. The van der Waals surface area contributed by atoms with E-state index in [9.17, 15) is 18.7 Å². The Morgan fingerprint density at radius 2 is 0.952 bits per heavy atom. The molecule has 14 aromatic rings. The third-order valence-corrected chi connectivity index (χ3v) is 18.1. The number of aliphatic hydroxyl groups is 1. The maximum absolute atomic E-state index is 13.6. The molecule has 1 saturated carbocycles. The summed E-state index contributed by atoms with van der Waals surface area (Å²) in [5.41, 5.74) is 6.87. The number of benzene rings is 10. The Morgan fingerprint density at radius 1 is 0.524 bits per heavy atom. The van der Waals surface area contributed by atoms with Crippen molar-refractivity contribution in [2.75, 3.05) is 6.61 Å². The van der Waals surface area contributed by atoms with Crippen molar-refractivity contribution in [1.29, 1.82) is 0 Å². The van der Waals surface area contributed by atoms with Gasteiger partial charge in [0.15, 0.2) is 6.61 Å². The zero-order valence-electron chi connectivity index (χ0n) is 33.3. The molecule has 5 aliphatic rings. The van der Waals surface area contributed by atoms with Crippen LogP contribution in [-0.2, 0) is 25.8 Å². The van der Waals surface area contributed by atoms with Crippen LogP contribution in [0.5, 0.6) is 0 Å². The van der Waals surface area contributed by atoms with Gasteiger partial charge in [-0.2, -0.15) is 8.78 Å². The van der Waals surface area contributed by atoms with Crippen molar-refractivity contribution in [1.82, 2.24) is 0 Å². The lowest BCUT2D eigenvalue weighted by molar-refractivity contribution is -0.231. The number of alkyl halides is 2. The molecule has 3 nitrogen and oxygen atoms in total. The average Bonchev–Trinajstić information content (AvgIpc) is 3.93. The Kier molecular flexibility index (Phi) is 4.14. The summed E-state index contributed by atoms with van der Waals surface area (Å²) in [7, 11) is 0. The molecule has 1 fully saturated rings. The molecule has 5 heteroatoms. The van der Waals surface area contributed by atoms with Crippen LogP contribution in [0.4, 0.5) is 8.78 Å². The van der Waals surface area contributed by atoms with E-state index < -0.39 is 40.8 Å². The van der Waals surface area contributed by atoms with Crippen molar-refractivity contribution in [3.8, 4) is 0 Å². The lowest BCUT2D eigenvalue weighted by atomic mass is 9.68. The molecule has 0 bridgehead atoms. The summed E-state index contributed by atoms with van der Waals surface area (Å²) in [5.74, 6) is -1.65. The lowest BCUT2D eigenvalue weighted by Gasteiger charge is -2.32. The predicted octanol–water partition coefficient (Wildman–Crippen LogP) is 11.5. The molecule has 3 atom stereocenters. The van der Waals surface area contributed by atoms with Gasteiger partial charge < -0.3 is 9.84 Å². The van der Waals surface area contributed by atoms with Gasteiger partial charge in [-0.3, -0.25) is 4.79 Å². The zero-order chi connectivity index (χ0) is 40.9. The molecule has 0 amide bonds. The smallest absolute Gasteiger partial charge is 0.387 e. The second-order valence-corrected chi connectivity index (χ2v) is 19.8. The topological polar surface area (TPSA) is 46.5 Å². The van der Waals surface area contributed by atoms with E-state index in [0.29, 0.717) is 5.56 Å². The van der Waals surface area contributed by atoms with Crippen LogP contribution in [-0.4, -0.2) is 23.8 Å². The van der Waals surface area contributed by atoms with E-state index in [2.05, 4.69) is 103 Å². The highest BCUT2D eigenvalue weighted by atomic mass is 19.3. The quantitative estimate of drug-likeness (QED) is 0.134. The van der Waals surface area contributed by atoms with Crippen LogP contribution in [0.1, 0.15) is 40.7 Å². The molecule has 0 aromatic heterocycles. The van der Waals surface area contributed by atoms with Gasteiger partial charge in [-0.15, -0.1) is 0 Å². The standard InChI is InChI=1S/C58H26F2O3/c1-22(54(61)63-21-55(59,60)62)23-6-5-9-25(20-23)56(24-7-3-2-4-8-24)57-34-18-19-35-33-17-15-31-29-13-11-27-26-10-12-28-30-14-16-32(34)42-40(30)45-38(28)36(26)44-37(27)39(29)46-41(31)43(33)53(58(35,56)57)51-49(46)47(44)48(45)50(51)52(42)57/h2-20,22,62H,21H2,1H3. The average molecular weight is 809 g/mol. The van der Waals surface area contributed by atoms with Crippen molar-refractivity contribution in [3.63, 3.8) is 0 Å². The van der Waals surface area contributed by atoms with Gasteiger partial charge in [0.2, 0.25) is 0 Å². The molecule has 3 unspecified atom stereocenters. The molecule has 0 aliphatic heterocycles. The Balaban J connectivity index is 1.10. The number of rotatable bonds is 6. The van der Waals surface area contributed by atoms with E-state index in [1.54, 1.807) is 6.92 Å². The summed E-state index contributed by atoms with van der Waals surface area (Å²) < 4.78 is 32.2. The minimum absolute atomic E-state index is 0.548. The van der Waals surface area contributed by atoms with Crippen molar-refractivity contribution >= 4 is 136 Å². The van der Waals surface area contributed by atoms with Crippen molar-refractivity contribution < 1.29 is 23.4 Å². The fourth-order valence-corrected chi connectivity index (χ4v) is 16.9. The summed E-state index contributed by atoms with van der Waals surface area (Å²) in [6, 6.07) is 38.8. The first kappa shape index (κ1) is 30.8. The Labute approximate surface area is 353 Å². The molecule has 290 valence electrons. The van der Waals surface area contributed by atoms with Gasteiger partial charge in [0.25, 0.3) is 0 Å². The fraction of sp³-hybridized carbons (Fsp3) is 0.121. The third-order valence-electron chi connectivity index (χ3n) is 18.1. The summed E-state index contributed by atoms with van der Waals surface area (Å²) in [6.45, 7) is 0.328. The molecule has 1 N–H and O–H groups in total. The van der Waals surface area contributed by atoms with Gasteiger partial charge in [0.1, 0.15) is 0 Å². The first-order valence-electron chi connectivity index (χ1n) is 22.1. The van der Waals surface area contributed by atoms with Crippen molar-refractivity contribution in [2.24, 2.45) is 0 Å².